The smallest absolute Gasteiger partial charge is 0.351 e. The van der Waals surface area contributed by atoms with Crippen LogP contribution in [0, 0.1) is 23.7 Å². The molecule has 0 aliphatic carbocycles. The average Bonchev–Trinajstić information content (AvgIpc) is 3.63. The number of cyclic esters (lactones) is 1. The molecule has 0 aromatic carbocycles. The van der Waals surface area contributed by atoms with Gasteiger partial charge in [0, 0.05) is 25.4 Å². The quantitative estimate of drug-likeness (QED) is 0.149. The number of carbonyl (C=O) groups is 3. The van der Waals surface area contributed by atoms with Crippen molar-refractivity contribution in [3.8, 4) is 0 Å². The Hall–Kier alpha value is -2.19. The third-order valence-corrected chi connectivity index (χ3v) is 12.6. The van der Waals surface area contributed by atoms with Crippen LogP contribution >= 0.6 is 0 Å². The van der Waals surface area contributed by atoms with Crippen molar-refractivity contribution in [1.82, 2.24) is 0 Å². The molecule has 0 saturated carbocycles. The van der Waals surface area contributed by atoms with Crippen molar-refractivity contribution in [2.75, 3.05) is 7.11 Å². The van der Waals surface area contributed by atoms with Gasteiger partial charge in [0.15, 0.2) is 23.1 Å². The zero-order valence-electron chi connectivity index (χ0n) is 31.3. The van der Waals surface area contributed by atoms with Crippen LogP contribution in [0.2, 0.25) is 0 Å². The minimum absolute atomic E-state index is 0.0243. The largest absolute Gasteiger partial charge is 0.504 e. The van der Waals surface area contributed by atoms with E-state index in [0.29, 0.717) is 38.5 Å². The third-order valence-electron chi connectivity index (χ3n) is 12.6. The molecule has 0 aromatic heterocycles. The molecule has 0 radical (unpaired) electrons. The van der Waals surface area contributed by atoms with Gasteiger partial charge in [-0.25, -0.2) is 4.79 Å². The van der Waals surface area contributed by atoms with Crippen LogP contribution < -0.4 is 0 Å². The SMILES string of the molecule is C=C1OC(=O)C(C(=O)C[C@@H]2O[C@@H]([C@H](C)C(O)[C@H](CC)C(=O)C(C)(O)[C@@H]3CC[C@@](CC)([C@@H]4CC[C@@](O)([C@@H](C)OC)[C@@H](C)O4)O3)[C@@H](C)C[C@@H]2C)=C1O. The summed E-state index contributed by atoms with van der Waals surface area (Å²) in [6, 6.07) is 0. The normalized spacial score (nSPS) is 38.7. The highest BCUT2D eigenvalue weighted by atomic mass is 16.6. The Balaban J connectivity index is 1.45. The summed E-state index contributed by atoms with van der Waals surface area (Å²) in [5.41, 5.74) is -4.24. The lowest BCUT2D eigenvalue weighted by molar-refractivity contribution is -0.255. The summed E-state index contributed by atoms with van der Waals surface area (Å²) in [6.07, 6.45) is -1.08. The van der Waals surface area contributed by atoms with Gasteiger partial charge in [0.2, 0.25) is 0 Å². The van der Waals surface area contributed by atoms with Gasteiger partial charge >= 0.3 is 5.97 Å². The van der Waals surface area contributed by atoms with E-state index in [1.807, 2.05) is 34.6 Å². The molecule has 4 heterocycles. The second-order valence-electron chi connectivity index (χ2n) is 15.6. The van der Waals surface area contributed by atoms with E-state index in [2.05, 4.69) is 6.58 Å². The van der Waals surface area contributed by atoms with Gasteiger partial charge in [-0.2, -0.15) is 0 Å². The second kappa shape index (κ2) is 15.4. The lowest BCUT2D eigenvalue weighted by Crippen LogP contribution is -2.60. The van der Waals surface area contributed by atoms with Crippen LogP contribution in [0.25, 0.3) is 0 Å². The number of hydrogen-bond acceptors (Lipinski definition) is 12. The van der Waals surface area contributed by atoms with Crippen LogP contribution in [-0.4, -0.2) is 105 Å². The molecule has 0 bridgehead atoms. The zero-order valence-corrected chi connectivity index (χ0v) is 31.3. The number of hydrogen-bond donors (Lipinski definition) is 4. The summed E-state index contributed by atoms with van der Waals surface area (Å²) in [5, 5.41) is 45.0. The van der Waals surface area contributed by atoms with Gasteiger partial charge in [-0.15, -0.1) is 0 Å². The molecular formula is C38H60O12. The molecule has 0 spiro atoms. The number of aliphatic hydroxyl groups is 4. The molecule has 4 rings (SSSR count). The third kappa shape index (κ3) is 7.36. The maximum Gasteiger partial charge on any atom is 0.351 e. The van der Waals surface area contributed by atoms with E-state index in [4.69, 9.17) is 23.7 Å². The Morgan fingerprint density at radius 2 is 1.76 bits per heavy atom. The number of ether oxygens (including phenoxy) is 5. The van der Waals surface area contributed by atoms with Crippen LogP contribution in [0.1, 0.15) is 107 Å². The van der Waals surface area contributed by atoms with Gasteiger partial charge in [0.05, 0.1) is 48.3 Å². The van der Waals surface area contributed by atoms with Crippen molar-refractivity contribution in [3.05, 3.63) is 23.7 Å². The lowest BCUT2D eigenvalue weighted by Gasteiger charge is -2.49. The first kappa shape index (κ1) is 40.6. The fraction of sp³-hybridized carbons (Fsp3) is 0.816. The van der Waals surface area contributed by atoms with E-state index >= 15 is 0 Å². The molecule has 4 N–H and O–H groups in total. The maximum atomic E-state index is 14.2. The minimum Gasteiger partial charge on any atom is -0.504 e. The highest BCUT2D eigenvalue weighted by Crippen LogP contribution is 2.47. The van der Waals surface area contributed by atoms with Crippen molar-refractivity contribution in [2.45, 2.75) is 166 Å². The highest BCUT2D eigenvalue weighted by Gasteiger charge is 2.57. The Kier molecular flexibility index (Phi) is 12.5. The number of esters is 1. The van der Waals surface area contributed by atoms with E-state index in [-0.39, 0.29) is 36.5 Å². The summed E-state index contributed by atoms with van der Waals surface area (Å²) in [6.45, 7) is 18.1. The molecule has 0 aromatic rings. The van der Waals surface area contributed by atoms with Crippen LogP contribution in [0.3, 0.4) is 0 Å². The maximum absolute atomic E-state index is 14.2. The molecule has 4 aliphatic heterocycles. The van der Waals surface area contributed by atoms with Gasteiger partial charge in [-0.1, -0.05) is 41.2 Å². The molecule has 3 saturated heterocycles. The van der Waals surface area contributed by atoms with Crippen molar-refractivity contribution < 1.29 is 58.5 Å². The van der Waals surface area contributed by atoms with Crippen molar-refractivity contribution in [1.29, 1.82) is 0 Å². The highest BCUT2D eigenvalue weighted by molar-refractivity contribution is 6.20. The zero-order chi connectivity index (χ0) is 37.5. The predicted octanol–water partition coefficient (Wildman–Crippen LogP) is 4.26. The molecule has 284 valence electrons. The minimum atomic E-state index is -1.90. The molecule has 12 nitrogen and oxygen atoms in total. The summed E-state index contributed by atoms with van der Waals surface area (Å²) in [5.74, 6) is -4.47. The second-order valence-corrected chi connectivity index (χ2v) is 15.6. The molecule has 0 amide bonds. The topological polar surface area (TPSA) is 178 Å². The van der Waals surface area contributed by atoms with Crippen molar-refractivity contribution in [3.63, 3.8) is 0 Å². The summed E-state index contributed by atoms with van der Waals surface area (Å²) in [7, 11) is 1.56. The number of aliphatic hydroxyl groups excluding tert-OH is 2. The first-order valence-electron chi connectivity index (χ1n) is 18.4. The number of ketones is 2. The lowest BCUT2D eigenvalue weighted by atomic mass is 9.73. The van der Waals surface area contributed by atoms with E-state index in [0.717, 1.165) is 0 Å². The average molecular weight is 709 g/mol. The van der Waals surface area contributed by atoms with E-state index in [1.165, 1.54) is 6.92 Å². The molecular weight excluding hydrogens is 648 g/mol. The molecule has 4 aliphatic rings. The first-order chi connectivity index (χ1) is 23.3. The van der Waals surface area contributed by atoms with Gasteiger partial charge in [-0.05, 0) is 77.6 Å². The monoisotopic (exact) mass is 708 g/mol. The number of Topliss-reactive ketones (excluding diaryl/α,β-unsaturated/α-hetero) is 2. The van der Waals surface area contributed by atoms with E-state index in [9.17, 15) is 34.8 Å². The van der Waals surface area contributed by atoms with Gasteiger partial charge in [0.25, 0.3) is 0 Å². The van der Waals surface area contributed by atoms with Gasteiger partial charge < -0.3 is 44.1 Å². The molecule has 14 atom stereocenters. The van der Waals surface area contributed by atoms with E-state index < -0.39 is 94.1 Å². The van der Waals surface area contributed by atoms with Crippen molar-refractivity contribution in [2.24, 2.45) is 23.7 Å². The van der Waals surface area contributed by atoms with Crippen molar-refractivity contribution >= 4 is 17.5 Å². The number of methoxy groups -OCH3 is 1. The van der Waals surface area contributed by atoms with Crippen LogP contribution in [0.15, 0.2) is 23.7 Å². The van der Waals surface area contributed by atoms with Crippen LogP contribution in [-0.2, 0) is 38.1 Å². The number of rotatable bonds is 14. The van der Waals surface area contributed by atoms with Gasteiger partial charge in [-0.3, -0.25) is 9.59 Å². The Bertz CT molecular complexity index is 1320. The first-order valence-corrected chi connectivity index (χ1v) is 18.4. The molecule has 3 fully saturated rings. The molecule has 50 heavy (non-hydrogen) atoms. The molecule has 2 unspecified atom stereocenters. The van der Waals surface area contributed by atoms with Crippen LogP contribution in [0.4, 0.5) is 0 Å². The fourth-order valence-corrected chi connectivity index (χ4v) is 8.91. The number of carbonyl (C=O) groups excluding carboxylic acids is 3. The standard InChI is InChI=1S/C38H60O12/c1-11-25(31(40)21(5)33-20(4)17-19(3)27(49-33)18-26(39)30-32(41)22(6)47-35(30)43)34(42)36(9,44)28-13-15-37(12-2,50-28)29-14-16-38(45,23(7)46-10)24(8)48-29/h19-21,23-25,27-29,31,33,40-41,44-45H,6,11-18H2,1-5,7-10H3/t19-,20-,21+,23+,24+,25-,27-,28-,29-,31?,33+,36?,37-,38+/m0/s1. The Morgan fingerprint density at radius 3 is 2.30 bits per heavy atom. The molecule has 12 heteroatoms. The summed E-state index contributed by atoms with van der Waals surface area (Å²) in [4.78, 5) is 39.4. The Labute approximate surface area is 296 Å². The predicted molar refractivity (Wildman–Crippen MR) is 183 cm³/mol. The summed E-state index contributed by atoms with van der Waals surface area (Å²) < 4.78 is 29.7. The summed E-state index contributed by atoms with van der Waals surface area (Å²) >= 11 is 0. The van der Waals surface area contributed by atoms with Gasteiger partial charge in [0.1, 0.15) is 16.8 Å². The Morgan fingerprint density at radius 1 is 1.10 bits per heavy atom. The van der Waals surface area contributed by atoms with Crippen LogP contribution in [0.5, 0.6) is 0 Å². The fourth-order valence-electron chi connectivity index (χ4n) is 8.91. The van der Waals surface area contributed by atoms with E-state index in [1.54, 1.807) is 21.0 Å².